The van der Waals surface area contributed by atoms with E-state index in [0.29, 0.717) is 17.5 Å². The molecular formula is C51H31N3S2. The van der Waals surface area contributed by atoms with Crippen LogP contribution in [0.3, 0.4) is 0 Å². The molecule has 0 fully saturated rings. The van der Waals surface area contributed by atoms with Gasteiger partial charge in [0.15, 0.2) is 17.5 Å². The first kappa shape index (κ1) is 32.6. The lowest BCUT2D eigenvalue weighted by atomic mass is 9.95. The van der Waals surface area contributed by atoms with Crippen molar-refractivity contribution in [3.63, 3.8) is 0 Å². The summed E-state index contributed by atoms with van der Waals surface area (Å²) in [5, 5.41) is 5.10. The van der Waals surface area contributed by atoms with Crippen LogP contribution in [0, 0.1) is 0 Å². The lowest BCUT2D eigenvalue weighted by Crippen LogP contribution is -2.00. The highest BCUT2D eigenvalue weighted by molar-refractivity contribution is 7.26. The molecule has 11 rings (SSSR count). The Morgan fingerprint density at radius 2 is 0.607 bits per heavy atom. The van der Waals surface area contributed by atoms with Gasteiger partial charge in [-0.1, -0.05) is 146 Å². The molecule has 0 aliphatic heterocycles. The van der Waals surface area contributed by atoms with Crippen LogP contribution in [-0.4, -0.2) is 15.0 Å². The molecule has 56 heavy (non-hydrogen) atoms. The Hall–Kier alpha value is -6.79. The molecule has 0 atom stereocenters. The summed E-state index contributed by atoms with van der Waals surface area (Å²) in [5.41, 5.74) is 9.68. The van der Waals surface area contributed by atoms with Crippen molar-refractivity contribution in [2.45, 2.75) is 0 Å². The van der Waals surface area contributed by atoms with Crippen molar-refractivity contribution < 1.29 is 0 Å². The fourth-order valence-corrected chi connectivity index (χ4v) is 9.99. The fraction of sp³-hybridized carbons (Fsp3) is 0. The maximum atomic E-state index is 5.26. The molecule has 0 unspecified atom stereocenters. The Morgan fingerprint density at radius 1 is 0.232 bits per heavy atom. The van der Waals surface area contributed by atoms with E-state index in [-0.39, 0.29) is 0 Å². The van der Waals surface area contributed by atoms with Gasteiger partial charge in [0.25, 0.3) is 0 Å². The molecule has 0 spiro atoms. The Balaban J connectivity index is 1.10. The van der Waals surface area contributed by atoms with Gasteiger partial charge in [0.2, 0.25) is 0 Å². The van der Waals surface area contributed by atoms with Crippen LogP contribution in [0.15, 0.2) is 188 Å². The van der Waals surface area contributed by atoms with Crippen molar-refractivity contribution >= 4 is 63.0 Å². The molecule has 0 amide bonds. The van der Waals surface area contributed by atoms with Gasteiger partial charge < -0.3 is 0 Å². The molecule has 0 saturated heterocycles. The molecule has 8 aromatic carbocycles. The second kappa shape index (κ2) is 13.5. The predicted molar refractivity (Wildman–Crippen MR) is 238 cm³/mol. The molecule has 3 aromatic heterocycles. The summed E-state index contributed by atoms with van der Waals surface area (Å²) >= 11 is 3.64. The van der Waals surface area contributed by atoms with Crippen molar-refractivity contribution in [2.75, 3.05) is 0 Å². The molecule has 0 N–H and O–H groups in total. The molecule has 0 bridgehead atoms. The van der Waals surface area contributed by atoms with Crippen LogP contribution in [0.2, 0.25) is 0 Å². The van der Waals surface area contributed by atoms with Gasteiger partial charge in [-0.15, -0.1) is 22.7 Å². The van der Waals surface area contributed by atoms with Crippen molar-refractivity contribution in [1.82, 2.24) is 15.0 Å². The first-order valence-electron chi connectivity index (χ1n) is 18.7. The third kappa shape index (κ3) is 5.86. The van der Waals surface area contributed by atoms with Gasteiger partial charge in [-0.3, -0.25) is 0 Å². The SMILES string of the molecule is c1ccc(-c2ccc(-c3nc(-c4cc(-c5ccccc5)cc(-c5ccc6c(c5)sc5ccccc56)c4)nc(-c4ccc5c(c4)sc4ccccc45)n3)cc2)cc1. The van der Waals surface area contributed by atoms with E-state index in [0.717, 1.165) is 44.5 Å². The van der Waals surface area contributed by atoms with Crippen LogP contribution in [-0.2, 0) is 0 Å². The van der Waals surface area contributed by atoms with E-state index in [4.69, 9.17) is 15.0 Å². The maximum Gasteiger partial charge on any atom is 0.164 e. The fourth-order valence-electron chi connectivity index (χ4n) is 7.70. The van der Waals surface area contributed by atoms with Gasteiger partial charge in [-0.25, -0.2) is 15.0 Å². The van der Waals surface area contributed by atoms with Crippen LogP contribution < -0.4 is 0 Å². The third-order valence-corrected chi connectivity index (χ3v) is 12.8. The molecule has 0 aliphatic rings. The van der Waals surface area contributed by atoms with Crippen LogP contribution in [0.25, 0.3) is 108 Å². The highest BCUT2D eigenvalue weighted by atomic mass is 32.1. The van der Waals surface area contributed by atoms with Crippen LogP contribution in [0.5, 0.6) is 0 Å². The number of nitrogens with zero attached hydrogens (tertiary/aromatic N) is 3. The lowest BCUT2D eigenvalue weighted by Gasteiger charge is -2.13. The zero-order chi connectivity index (χ0) is 37.0. The van der Waals surface area contributed by atoms with Crippen molar-refractivity contribution in [3.05, 3.63) is 188 Å². The van der Waals surface area contributed by atoms with Crippen molar-refractivity contribution in [3.8, 4) is 67.5 Å². The summed E-state index contributed by atoms with van der Waals surface area (Å²) in [4.78, 5) is 15.7. The minimum absolute atomic E-state index is 0.635. The van der Waals surface area contributed by atoms with E-state index >= 15 is 0 Å². The largest absolute Gasteiger partial charge is 0.208 e. The summed E-state index contributed by atoms with van der Waals surface area (Å²) in [5.74, 6) is 1.92. The summed E-state index contributed by atoms with van der Waals surface area (Å²) in [6.07, 6.45) is 0. The van der Waals surface area contributed by atoms with E-state index in [2.05, 4.69) is 182 Å². The summed E-state index contributed by atoms with van der Waals surface area (Å²) < 4.78 is 5.06. The van der Waals surface area contributed by atoms with E-state index in [9.17, 15) is 0 Å². The minimum atomic E-state index is 0.635. The molecular weight excluding hydrogens is 719 g/mol. The normalized spacial score (nSPS) is 11.6. The third-order valence-electron chi connectivity index (χ3n) is 10.5. The number of fused-ring (bicyclic) bond motifs is 6. The average Bonchev–Trinajstić information content (AvgIpc) is 3.84. The lowest BCUT2D eigenvalue weighted by molar-refractivity contribution is 1.07. The first-order chi connectivity index (χ1) is 27.7. The summed E-state index contributed by atoms with van der Waals surface area (Å²) in [6, 6.07) is 66.9. The highest BCUT2D eigenvalue weighted by Crippen LogP contribution is 2.40. The molecule has 5 heteroatoms. The Kier molecular flexibility index (Phi) is 7.87. The highest BCUT2D eigenvalue weighted by Gasteiger charge is 2.17. The number of benzene rings is 8. The molecule has 3 nitrogen and oxygen atoms in total. The zero-order valence-electron chi connectivity index (χ0n) is 30.1. The van der Waals surface area contributed by atoms with E-state index < -0.39 is 0 Å². The Bertz CT molecular complexity index is 3240. The van der Waals surface area contributed by atoms with Crippen LogP contribution >= 0.6 is 22.7 Å². The predicted octanol–water partition coefficient (Wildman–Crippen LogP) is 14.6. The number of aromatic nitrogens is 3. The maximum absolute atomic E-state index is 5.26. The van der Waals surface area contributed by atoms with Crippen molar-refractivity contribution in [2.24, 2.45) is 0 Å². The number of rotatable bonds is 6. The number of hydrogen-bond donors (Lipinski definition) is 0. The molecule has 0 saturated carbocycles. The van der Waals surface area contributed by atoms with Gasteiger partial charge in [0.1, 0.15) is 0 Å². The van der Waals surface area contributed by atoms with Gasteiger partial charge in [0.05, 0.1) is 0 Å². The Labute approximate surface area is 331 Å². The van der Waals surface area contributed by atoms with E-state index in [1.54, 1.807) is 11.3 Å². The first-order valence-corrected chi connectivity index (χ1v) is 20.3. The number of hydrogen-bond acceptors (Lipinski definition) is 5. The molecule has 11 aromatic rings. The summed E-state index contributed by atoms with van der Waals surface area (Å²) in [6.45, 7) is 0. The second-order valence-corrected chi connectivity index (χ2v) is 16.2. The van der Waals surface area contributed by atoms with E-state index in [1.807, 2.05) is 17.4 Å². The number of thiophene rings is 2. The smallest absolute Gasteiger partial charge is 0.164 e. The summed E-state index contributed by atoms with van der Waals surface area (Å²) in [7, 11) is 0. The quantitative estimate of drug-likeness (QED) is 0.170. The molecule has 262 valence electrons. The topological polar surface area (TPSA) is 38.7 Å². The van der Waals surface area contributed by atoms with E-state index in [1.165, 1.54) is 45.9 Å². The second-order valence-electron chi connectivity index (χ2n) is 14.0. The van der Waals surface area contributed by atoms with Crippen LogP contribution in [0.4, 0.5) is 0 Å². The van der Waals surface area contributed by atoms with Gasteiger partial charge in [0, 0.05) is 57.0 Å². The molecule has 0 aliphatic carbocycles. The van der Waals surface area contributed by atoms with Crippen molar-refractivity contribution in [1.29, 1.82) is 0 Å². The van der Waals surface area contributed by atoms with Crippen LogP contribution in [0.1, 0.15) is 0 Å². The monoisotopic (exact) mass is 749 g/mol. The average molecular weight is 750 g/mol. The standard InChI is InChI=1S/C51H31N3S2/c1-3-11-32(12-4-1)34-19-21-35(22-20-34)49-52-50(37-24-26-44-42-16-8-10-18-46(42)56-48(44)31-37)54-51(53-49)40-28-38(33-13-5-2-6-14-33)27-39(29-40)36-23-25-43-41-15-7-9-17-45(41)55-47(43)30-36/h1-31H. The Morgan fingerprint density at radius 3 is 1.21 bits per heavy atom. The van der Waals surface area contributed by atoms with Gasteiger partial charge in [-0.2, -0.15) is 0 Å². The molecule has 3 heterocycles. The van der Waals surface area contributed by atoms with Gasteiger partial charge >= 0.3 is 0 Å². The molecule has 0 radical (unpaired) electrons. The minimum Gasteiger partial charge on any atom is -0.208 e. The zero-order valence-corrected chi connectivity index (χ0v) is 31.7. The van der Waals surface area contributed by atoms with Gasteiger partial charge in [-0.05, 0) is 75.8 Å².